The summed E-state index contributed by atoms with van der Waals surface area (Å²) in [5, 5.41) is 12.0. The lowest BCUT2D eigenvalue weighted by atomic mass is 9.96. The van der Waals surface area contributed by atoms with Crippen LogP contribution in [0.2, 0.25) is 0 Å². The van der Waals surface area contributed by atoms with E-state index in [-0.39, 0.29) is 0 Å². The molecule has 3 N–H and O–H groups in total. The van der Waals surface area contributed by atoms with Crippen molar-refractivity contribution in [2.75, 3.05) is 5.32 Å². The average molecular weight is 319 g/mol. The fraction of sp³-hybridized carbons (Fsp3) is 0.167. The number of aromatic nitrogens is 2. The lowest BCUT2D eigenvalue weighted by Gasteiger charge is -2.16. The Morgan fingerprint density at radius 2 is 1.96 bits per heavy atom. The molecule has 0 atom stereocenters. The van der Waals surface area contributed by atoms with Crippen LogP contribution in [-0.4, -0.2) is 9.97 Å². The van der Waals surface area contributed by atoms with E-state index >= 15 is 0 Å². The van der Waals surface area contributed by atoms with Gasteiger partial charge in [-0.25, -0.2) is 9.97 Å². The summed E-state index contributed by atoms with van der Waals surface area (Å²) in [6.07, 6.45) is 7.46. The van der Waals surface area contributed by atoms with Crippen LogP contribution in [0.15, 0.2) is 48.3 Å². The van der Waals surface area contributed by atoms with Crippen LogP contribution in [-0.2, 0) is 0 Å². The molecule has 0 bridgehead atoms. The molecule has 0 aliphatic heterocycles. The molecule has 1 aliphatic carbocycles. The number of anilines is 2. The fourth-order valence-corrected chi connectivity index (χ4v) is 2.51. The van der Waals surface area contributed by atoms with Crippen molar-refractivity contribution in [3.05, 3.63) is 59.6 Å². The Hall–Kier alpha value is -3.17. The Bertz CT molecular complexity index is 847. The van der Waals surface area contributed by atoms with E-state index in [4.69, 9.17) is 16.0 Å². The molecule has 0 radical (unpaired) electrons. The monoisotopic (exact) mass is 319 g/mol. The molecular weight excluding hydrogens is 302 g/mol. The van der Waals surface area contributed by atoms with Crippen LogP contribution in [0.1, 0.15) is 31.0 Å². The summed E-state index contributed by atoms with van der Waals surface area (Å²) >= 11 is 0. The maximum Gasteiger partial charge on any atom is 0.215 e. The topological polar surface area (TPSA) is 96.8 Å². The molecule has 120 valence electrons. The van der Waals surface area contributed by atoms with Crippen molar-refractivity contribution in [1.82, 2.24) is 9.97 Å². The number of benzene rings is 1. The third-order valence-electron chi connectivity index (χ3n) is 3.86. The summed E-state index contributed by atoms with van der Waals surface area (Å²) in [4.78, 5) is 13.6. The van der Waals surface area contributed by atoms with Gasteiger partial charge in [0.15, 0.2) is 5.82 Å². The molecule has 24 heavy (non-hydrogen) atoms. The van der Waals surface area contributed by atoms with Gasteiger partial charge in [0.25, 0.3) is 0 Å². The lowest BCUT2D eigenvalue weighted by molar-refractivity contribution is 0.332. The predicted molar refractivity (Wildman–Crippen MR) is 92.3 cm³/mol. The van der Waals surface area contributed by atoms with Crippen LogP contribution in [0.25, 0.3) is 5.57 Å². The highest BCUT2D eigenvalue weighted by Gasteiger charge is 2.18. The molecule has 6 nitrogen and oxygen atoms in total. The van der Waals surface area contributed by atoms with Gasteiger partial charge < -0.3 is 10.2 Å². The maximum atomic E-state index is 8.86. The second-order valence-electron chi connectivity index (χ2n) is 5.54. The molecule has 0 fully saturated rings. The van der Waals surface area contributed by atoms with Crippen LogP contribution in [0.3, 0.4) is 0 Å². The van der Waals surface area contributed by atoms with E-state index in [0.29, 0.717) is 22.8 Å². The average Bonchev–Trinajstić information content (AvgIpc) is 2.63. The van der Waals surface area contributed by atoms with E-state index in [1.54, 1.807) is 24.3 Å². The number of nitrogens with two attached hydrogens (primary N) is 1. The molecule has 0 saturated heterocycles. The SMILES string of the molecule is CC1=CC=C(c2ncnc(Nc3ccc(C#N)cc3)c2ON)CC1. The van der Waals surface area contributed by atoms with E-state index in [2.05, 4.69) is 34.4 Å². The number of hydrogen-bond donors (Lipinski definition) is 2. The number of rotatable bonds is 4. The van der Waals surface area contributed by atoms with Crippen LogP contribution in [0, 0.1) is 11.3 Å². The molecule has 2 aromatic rings. The molecular formula is C18H17N5O. The van der Waals surface area contributed by atoms with Crippen molar-refractivity contribution in [2.45, 2.75) is 19.8 Å². The number of nitriles is 1. The van der Waals surface area contributed by atoms with Gasteiger partial charge in [0.2, 0.25) is 5.75 Å². The van der Waals surface area contributed by atoms with E-state index in [0.717, 1.165) is 24.1 Å². The standard InChI is InChI=1S/C18H17N5O/c1-12-2-6-14(7-3-12)16-17(24-20)18(22-11-21-16)23-15-8-4-13(10-19)5-9-15/h2,4-6,8-9,11H,3,7,20H2,1H3,(H,21,22,23). The minimum absolute atomic E-state index is 0.404. The Balaban J connectivity index is 1.94. The third-order valence-corrected chi connectivity index (χ3v) is 3.86. The van der Waals surface area contributed by atoms with E-state index in [1.165, 1.54) is 11.9 Å². The summed E-state index contributed by atoms with van der Waals surface area (Å²) in [6, 6.07) is 9.14. The zero-order chi connectivity index (χ0) is 16.9. The smallest absolute Gasteiger partial charge is 0.215 e. The molecule has 0 spiro atoms. The largest absolute Gasteiger partial charge is 0.405 e. The van der Waals surface area contributed by atoms with Gasteiger partial charge in [-0.1, -0.05) is 17.7 Å². The van der Waals surface area contributed by atoms with Gasteiger partial charge in [-0.3, -0.25) is 0 Å². The Morgan fingerprint density at radius 1 is 1.17 bits per heavy atom. The summed E-state index contributed by atoms with van der Waals surface area (Å²) in [5.74, 6) is 6.37. The maximum absolute atomic E-state index is 8.86. The lowest BCUT2D eigenvalue weighted by Crippen LogP contribution is -2.10. The Labute approximate surface area is 140 Å². The van der Waals surface area contributed by atoms with Gasteiger partial charge in [-0.05, 0) is 49.6 Å². The van der Waals surface area contributed by atoms with Gasteiger partial charge >= 0.3 is 0 Å². The summed E-state index contributed by atoms with van der Waals surface area (Å²) in [6.45, 7) is 2.10. The Morgan fingerprint density at radius 3 is 2.58 bits per heavy atom. The summed E-state index contributed by atoms with van der Waals surface area (Å²) < 4.78 is 0. The third kappa shape index (κ3) is 3.26. The van der Waals surface area contributed by atoms with Crippen LogP contribution >= 0.6 is 0 Å². The highest BCUT2D eigenvalue weighted by molar-refractivity contribution is 5.76. The van der Waals surface area contributed by atoms with Gasteiger partial charge in [0, 0.05) is 5.69 Å². The second-order valence-corrected chi connectivity index (χ2v) is 5.54. The highest BCUT2D eigenvalue weighted by atomic mass is 16.6. The first-order valence-corrected chi connectivity index (χ1v) is 7.57. The molecule has 1 aromatic carbocycles. The van der Waals surface area contributed by atoms with Crippen molar-refractivity contribution in [2.24, 2.45) is 5.90 Å². The minimum atomic E-state index is 0.404. The van der Waals surface area contributed by atoms with Crippen molar-refractivity contribution < 1.29 is 4.84 Å². The van der Waals surface area contributed by atoms with Gasteiger partial charge in [-0.2, -0.15) is 11.2 Å². The molecule has 0 saturated carbocycles. The first-order valence-electron chi connectivity index (χ1n) is 7.57. The molecule has 3 rings (SSSR count). The van der Waals surface area contributed by atoms with E-state index in [1.807, 2.05) is 6.08 Å². The van der Waals surface area contributed by atoms with Crippen molar-refractivity contribution in [3.8, 4) is 11.8 Å². The van der Waals surface area contributed by atoms with Crippen molar-refractivity contribution in [3.63, 3.8) is 0 Å². The first-order chi connectivity index (χ1) is 11.7. The normalized spacial score (nSPS) is 13.5. The molecule has 0 unspecified atom stereocenters. The molecule has 1 aliphatic rings. The highest BCUT2D eigenvalue weighted by Crippen LogP contribution is 2.35. The Kier molecular flexibility index (Phi) is 4.54. The summed E-state index contributed by atoms with van der Waals surface area (Å²) in [5.41, 5.74) is 4.46. The van der Waals surface area contributed by atoms with E-state index in [9.17, 15) is 0 Å². The first kappa shape index (κ1) is 15.7. The van der Waals surface area contributed by atoms with Gasteiger partial charge in [0.1, 0.15) is 12.0 Å². The van der Waals surface area contributed by atoms with Crippen molar-refractivity contribution >= 4 is 17.1 Å². The van der Waals surface area contributed by atoms with Crippen molar-refractivity contribution in [1.29, 1.82) is 5.26 Å². The quantitative estimate of drug-likeness (QED) is 0.838. The van der Waals surface area contributed by atoms with Crippen LogP contribution < -0.4 is 16.1 Å². The van der Waals surface area contributed by atoms with Crippen LogP contribution in [0.5, 0.6) is 5.75 Å². The molecule has 1 aromatic heterocycles. The zero-order valence-corrected chi connectivity index (χ0v) is 13.3. The molecule has 6 heteroatoms. The molecule has 1 heterocycles. The fourth-order valence-electron chi connectivity index (χ4n) is 2.51. The molecule has 0 amide bonds. The van der Waals surface area contributed by atoms with Gasteiger partial charge in [0.05, 0.1) is 11.6 Å². The number of nitrogens with one attached hydrogen (secondary N) is 1. The predicted octanol–water partition coefficient (Wildman–Crippen LogP) is 3.47. The minimum Gasteiger partial charge on any atom is -0.405 e. The summed E-state index contributed by atoms with van der Waals surface area (Å²) in [7, 11) is 0. The van der Waals surface area contributed by atoms with Gasteiger partial charge in [-0.15, -0.1) is 0 Å². The second kappa shape index (κ2) is 6.94. The number of hydrogen-bond acceptors (Lipinski definition) is 6. The number of nitrogens with zero attached hydrogens (tertiary/aromatic N) is 3. The van der Waals surface area contributed by atoms with Crippen LogP contribution in [0.4, 0.5) is 11.5 Å². The zero-order valence-electron chi connectivity index (χ0n) is 13.3. The van der Waals surface area contributed by atoms with E-state index < -0.39 is 0 Å². The number of allylic oxidation sites excluding steroid dienone is 4.